The molecule has 4 aliphatic rings. The van der Waals surface area contributed by atoms with Crippen LogP contribution >= 0.6 is 0 Å². The third-order valence-electron chi connectivity index (χ3n) is 8.30. The Morgan fingerprint density at radius 3 is 2.61 bits per heavy atom. The first-order valence-corrected chi connectivity index (χ1v) is 10.3. The molecule has 0 aliphatic heterocycles. The highest BCUT2D eigenvalue weighted by atomic mass is 16.5. The van der Waals surface area contributed by atoms with E-state index in [2.05, 4.69) is 33.6 Å². The number of hydrogen-bond donors (Lipinski definition) is 1. The summed E-state index contributed by atoms with van der Waals surface area (Å²) in [5, 5.41) is 11.2. The largest absolute Gasteiger partial charge is 0.469 e. The van der Waals surface area contributed by atoms with Crippen molar-refractivity contribution in [2.45, 2.75) is 52.6 Å². The monoisotopic (exact) mass is 384 g/mol. The van der Waals surface area contributed by atoms with Gasteiger partial charge in [0.25, 0.3) is 0 Å². The van der Waals surface area contributed by atoms with Crippen molar-refractivity contribution in [1.82, 2.24) is 0 Å². The third kappa shape index (κ3) is 2.78. The van der Waals surface area contributed by atoms with Crippen LogP contribution in [-0.2, 0) is 14.3 Å². The van der Waals surface area contributed by atoms with E-state index in [-0.39, 0.29) is 34.4 Å². The molecule has 8 atom stereocenters. The predicted octanol–water partition coefficient (Wildman–Crippen LogP) is 3.55. The molecule has 28 heavy (non-hydrogen) atoms. The number of ether oxygens (including phenoxy) is 1. The number of rotatable bonds is 1. The zero-order valence-electron chi connectivity index (χ0n) is 17.4. The van der Waals surface area contributed by atoms with E-state index in [9.17, 15) is 14.7 Å². The quantitative estimate of drug-likeness (QED) is 0.555. The first-order valence-electron chi connectivity index (χ1n) is 10.3. The molecule has 7 unspecified atom stereocenters. The number of aliphatic hydroxyl groups is 1. The van der Waals surface area contributed by atoms with Gasteiger partial charge in [-0.2, -0.15) is 0 Å². The molecular formula is C24H32O4. The van der Waals surface area contributed by atoms with E-state index in [0.717, 1.165) is 19.3 Å². The van der Waals surface area contributed by atoms with Gasteiger partial charge in [0, 0.05) is 11.3 Å². The highest BCUT2D eigenvalue weighted by Crippen LogP contribution is 2.66. The fraction of sp³-hybridized carbons (Fsp3) is 0.667. The van der Waals surface area contributed by atoms with Crippen LogP contribution in [0.4, 0.5) is 0 Å². The van der Waals surface area contributed by atoms with Crippen LogP contribution in [-0.4, -0.2) is 30.1 Å². The van der Waals surface area contributed by atoms with Crippen molar-refractivity contribution in [1.29, 1.82) is 0 Å². The second-order valence-corrected chi connectivity index (χ2v) is 9.48. The van der Waals surface area contributed by atoms with Gasteiger partial charge in [-0.05, 0) is 61.0 Å². The third-order valence-corrected chi connectivity index (χ3v) is 8.30. The zero-order valence-corrected chi connectivity index (χ0v) is 17.4. The van der Waals surface area contributed by atoms with Crippen LogP contribution in [0.25, 0.3) is 0 Å². The summed E-state index contributed by atoms with van der Waals surface area (Å²) in [5.74, 6) is 1.05. The summed E-state index contributed by atoms with van der Waals surface area (Å²) in [4.78, 5) is 24.3. The molecule has 3 saturated carbocycles. The smallest absolute Gasteiger partial charge is 0.309 e. The normalized spacial score (nSPS) is 46.2. The van der Waals surface area contributed by atoms with Crippen molar-refractivity contribution < 1.29 is 19.4 Å². The number of carbonyl (C=O) groups excluding carboxylic acids is 2. The van der Waals surface area contributed by atoms with Gasteiger partial charge in [0.05, 0.1) is 19.1 Å². The minimum Gasteiger partial charge on any atom is -0.469 e. The standard InChI is InChI=1S/C22H30O4.C2H2/c1-12-9-14-15-5-6-16(20(25)26-4)22(15,3)11-18(24)19(14)21(2)8-7-13(23)10-17(12)21;1-2/h7-8,10,12,14-16,18-19,24H,5-6,9,11H2,1-4H3;1-2H/t12?,14?,15?,16-,18?,19?,21?,22?;/m1./s1. The number of allylic oxidation sites excluding steroid dienone is 4. The summed E-state index contributed by atoms with van der Waals surface area (Å²) in [6, 6.07) is 0. The van der Waals surface area contributed by atoms with Gasteiger partial charge in [-0.1, -0.05) is 32.4 Å². The predicted molar refractivity (Wildman–Crippen MR) is 108 cm³/mol. The first-order chi connectivity index (χ1) is 13.2. The average Bonchev–Trinajstić information content (AvgIpc) is 3.00. The molecule has 0 aromatic carbocycles. The van der Waals surface area contributed by atoms with Gasteiger partial charge in [-0.3, -0.25) is 9.59 Å². The fourth-order valence-corrected chi connectivity index (χ4v) is 7.28. The van der Waals surface area contributed by atoms with Gasteiger partial charge >= 0.3 is 5.97 Å². The number of ketones is 1. The first kappa shape index (κ1) is 20.9. The van der Waals surface area contributed by atoms with E-state index in [1.165, 1.54) is 12.7 Å². The second kappa shape index (κ2) is 7.19. The van der Waals surface area contributed by atoms with Gasteiger partial charge in [0.2, 0.25) is 0 Å². The zero-order chi connectivity index (χ0) is 20.9. The van der Waals surface area contributed by atoms with E-state index in [4.69, 9.17) is 4.74 Å². The lowest BCUT2D eigenvalue weighted by Crippen LogP contribution is -2.57. The summed E-state index contributed by atoms with van der Waals surface area (Å²) < 4.78 is 5.08. The van der Waals surface area contributed by atoms with Crippen molar-refractivity contribution in [3.63, 3.8) is 0 Å². The summed E-state index contributed by atoms with van der Waals surface area (Å²) >= 11 is 0. The highest BCUT2D eigenvalue weighted by molar-refractivity contribution is 6.01. The van der Waals surface area contributed by atoms with Gasteiger partial charge in [-0.25, -0.2) is 0 Å². The van der Waals surface area contributed by atoms with Crippen molar-refractivity contribution in [3.05, 3.63) is 23.8 Å². The lowest BCUT2D eigenvalue weighted by molar-refractivity contribution is -0.159. The molecule has 4 rings (SSSR count). The number of terminal acetylenes is 1. The Balaban J connectivity index is 0.00000109. The lowest BCUT2D eigenvalue weighted by Gasteiger charge is -2.60. The maximum atomic E-state index is 12.4. The number of methoxy groups -OCH3 is 1. The minimum absolute atomic E-state index is 0.0598. The summed E-state index contributed by atoms with van der Waals surface area (Å²) in [7, 11) is 1.46. The van der Waals surface area contributed by atoms with Crippen LogP contribution < -0.4 is 0 Å². The molecule has 152 valence electrons. The van der Waals surface area contributed by atoms with E-state index in [0.29, 0.717) is 24.2 Å². The molecule has 4 aliphatic carbocycles. The molecule has 3 fully saturated rings. The molecular weight excluding hydrogens is 352 g/mol. The maximum absolute atomic E-state index is 12.4. The molecule has 0 radical (unpaired) electrons. The Hall–Kier alpha value is -1.86. The van der Waals surface area contributed by atoms with Crippen LogP contribution in [0.2, 0.25) is 0 Å². The van der Waals surface area contributed by atoms with Crippen LogP contribution in [0.1, 0.15) is 46.5 Å². The lowest BCUT2D eigenvalue weighted by atomic mass is 9.45. The van der Waals surface area contributed by atoms with Crippen LogP contribution in [0, 0.1) is 53.3 Å². The molecule has 0 spiro atoms. The minimum atomic E-state index is -0.467. The Labute approximate surface area is 168 Å². The molecule has 1 N–H and O–H groups in total. The molecule has 4 heteroatoms. The van der Waals surface area contributed by atoms with Crippen molar-refractivity contribution in [2.75, 3.05) is 7.11 Å². The second-order valence-electron chi connectivity index (χ2n) is 9.48. The topological polar surface area (TPSA) is 63.6 Å². The van der Waals surface area contributed by atoms with Crippen molar-refractivity contribution in [3.8, 4) is 12.8 Å². The number of carbonyl (C=O) groups is 2. The Morgan fingerprint density at radius 2 is 1.96 bits per heavy atom. The highest BCUT2D eigenvalue weighted by Gasteiger charge is 2.63. The average molecular weight is 385 g/mol. The Morgan fingerprint density at radius 1 is 1.29 bits per heavy atom. The van der Waals surface area contributed by atoms with E-state index in [1.54, 1.807) is 12.2 Å². The number of esters is 1. The van der Waals surface area contributed by atoms with Gasteiger partial charge in [0.1, 0.15) is 0 Å². The summed E-state index contributed by atoms with van der Waals surface area (Å²) in [6.07, 6.45) is 16.5. The van der Waals surface area contributed by atoms with Gasteiger partial charge < -0.3 is 9.84 Å². The molecule has 0 aromatic heterocycles. The number of aliphatic hydroxyl groups excluding tert-OH is 1. The van der Waals surface area contributed by atoms with Crippen molar-refractivity contribution in [2.24, 2.45) is 40.4 Å². The van der Waals surface area contributed by atoms with Crippen LogP contribution in [0.3, 0.4) is 0 Å². The SMILES string of the molecule is C#C.COC(=O)[C@H]1CCC2C3CC(C)C4=CC(=O)C=CC4(C)C3C(O)CC21C. The van der Waals surface area contributed by atoms with Gasteiger partial charge in [0.15, 0.2) is 5.78 Å². The fourth-order valence-electron chi connectivity index (χ4n) is 7.28. The Bertz CT molecular complexity index is 747. The molecule has 0 bridgehead atoms. The summed E-state index contributed by atoms with van der Waals surface area (Å²) in [6.45, 7) is 6.58. The number of hydrogen-bond acceptors (Lipinski definition) is 4. The van der Waals surface area contributed by atoms with E-state index < -0.39 is 6.10 Å². The number of fused-ring (bicyclic) bond motifs is 5. The van der Waals surface area contributed by atoms with Gasteiger partial charge in [-0.15, -0.1) is 12.8 Å². The molecule has 0 heterocycles. The van der Waals surface area contributed by atoms with E-state index in [1.807, 2.05) is 6.08 Å². The molecule has 0 saturated heterocycles. The summed E-state index contributed by atoms with van der Waals surface area (Å²) in [5.41, 5.74) is 0.718. The van der Waals surface area contributed by atoms with Crippen LogP contribution in [0.5, 0.6) is 0 Å². The van der Waals surface area contributed by atoms with Crippen molar-refractivity contribution >= 4 is 11.8 Å². The van der Waals surface area contributed by atoms with E-state index >= 15 is 0 Å². The molecule has 4 nitrogen and oxygen atoms in total. The molecule has 0 aromatic rings. The molecule has 0 amide bonds. The van der Waals surface area contributed by atoms with Crippen LogP contribution in [0.15, 0.2) is 23.8 Å². The maximum Gasteiger partial charge on any atom is 0.309 e. The Kier molecular flexibility index (Phi) is 5.36.